The number of hydrogen-bond donors (Lipinski definition) is 0. The average Bonchev–Trinajstić information content (AvgIpc) is 3.37. The highest BCUT2D eigenvalue weighted by Crippen LogP contribution is 2.17. The molecule has 0 saturated heterocycles. The molecular formula is C65H118O6. The van der Waals surface area contributed by atoms with Gasteiger partial charge < -0.3 is 14.2 Å². The van der Waals surface area contributed by atoms with E-state index in [1.165, 1.54) is 205 Å². The van der Waals surface area contributed by atoms with Gasteiger partial charge in [-0.3, -0.25) is 14.4 Å². The van der Waals surface area contributed by atoms with E-state index in [1.807, 2.05) is 0 Å². The van der Waals surface area contributed by atoms with Gasteiger partial charge in [0.25, 0.3) is 0 Å². The molecule has 0 aliphatic carbocycles. The topological polar surface area (TPSA) is 78.9 Å². The third-order valence-electron chi connectivity index (χ3n) is 13.8. The first-order chi connectivity index (χ1) is 35.0. The van der Waals surface area contributed by atoms with Crippen molar-refractivity contribution < 1.29 is 28.6 Å². The molecule has 0 N–H and O–H groups in total. The fourth-order valence-corrected chi connectivity index (χ4v) is 9.20. The molecule has 0 saturated carbocycles. The Balaban J connectivity index is 4.17. The molecule has 0 heterocycles. The van der Waals surface area contributed by atoms with E-state index in [0.29, 0.717) is 19.3 Å². The van der Waals surface area contributed by atoms with Crippen LogP contribution < -0.4 is 0 Å². The lowest BCUT2D eigenvalue weighted by molar-refractivity contribution is -0.167. The molecule has 0 fully saturated rings. The van der Waals surface area contributed by atoms with E-state index in [4.69, 9.17) is 14.2 Å². The Hall–Kier alpha value is -2.63. The van der Waals surface area contributed by atoms with Crippen LogP contribution in [0.2, 0.25) is 0 Å². The summed E-state index contributed by atoms with van der Waals surface area (Å²) in [7, 11) is 0. The fourth-order valence-electron chi connectivity index (χ4n) is 9.20. The first-order valence-corrected chi connectivity index (χ1v) is 31.1. The van der Waals surface area contributed by atoms with E-state index in [-0.39, 0.29) is 31.1 Å². The zero-order valence-electron chi connectivity index (χ0n) is 47.5. The number of carbonyl (C=O) groups excluding carboxylic acids is 3. The molecule has 0 aromatic carbocycles. The van der Waals surface area contributed by atoms with Crippen molar-refractivity contribution in [3.8, 4) is 0 Å². The lowest BCUT2D eigenvalue weighted by Crippen LogP contribution is -2.30. The summed E-state index contributed by atoms with van der Waals surface area (Å²) in [5, 5.41) is 0. The highest BCUT2D eigenvalue weighted by Gasteiger charge is 2.19. The van der Waals surface area contributed by atoms with Gasteiger partial charge in [0.1, 0.15) is 13.2 Å². The average molecular weight is 996 g/mol. The number of ether oxygens (including phenoxy) is 3. The quantitative estimate of drug-likeness (QED) is 0.0261. The standard InChI is InChI=1S/C65H118O6/c1-4-7-10-13-16-19-22-24-26-27-28-29-30-31-32-33-34-35-36-37-39-40-43-46-49-52-55-58-64(67)70-61-62(60-69-63(66)57-54-51-48-45-42-21-18-15-12-9-6-3)71-65(68)59-56-53-50-47-44-41-38-25-23-20-17-14-11-8-5-2/h7,10,16,19,24,26,28-29,62H,4-6,8-9,11-15,17-18,20-23,25,27,30-61H2,1-3H3/b10-7-,19-16-,26-24-,29-28-. The zero-order chi connectivity index (χ0) is 51.4. The SMILES string of the molecule is CC/C=C\C/C=C\C/C=C\C/C=C\CCCCCCCCCCCCCCCCC(=O)OCC(COC(=O)CCCCCCCCCCCCC)OC(=O)CCCCCCCCCCCCCCCCC. The highest BCUT2D eigenvalue weighted by atomic mass is 16.6. The van der Waals surface area contributed by atoms with Crippen molar-refractivity contribution in [2.45, 2.75) is 335 Å². The predicted molar refractivity (Wildman–Crippen MR) is 307 cm³/mol. The van der Waals surface area contributed by atoms with Crippen LogP contribution in [-0.4, -0.2) is 37.2 Å². The number of esters is 3. The van der Waals surface area contributed by atoms with Crippen molar-refractivity contribution in [2.24, 2.45) is 0 Å². The van der Waals surface area contributed by atoms with Crippen LogP contribution in [0.1, 0.15) is 329 Å². The Morgan fingerprint density at radius 2 is 0.549 bits per heavy atom. The summed E-state index contributed by atoms with van der Waals surface area (Å²) >= 11 is 0. The van der Waals surface area contributed by atoms with Crippen LogP contribution in [-0.2, 0) is 28.6 Å². The molecule has 0 amide bonds. The summed E-state index contributed by atoms with van der Waals surface area (Å²) in [6.45, 7) is 6.57. The highest BCUT2D eigenvalue weighted by molar-refractivity contribution is 5.71. The second-order valence-electron chi connectivity index (χ2n) is 21.0. The van der Waals surface area contributed by atoms with Gasteiger partial charge in [-0.2, -0.15) is 0 Å². The van der Waals surface area contributed by atoms with Gasteiger partial charge in [0.2, 0.25) is 0 Å². The summed E-state index contributed by atoms with van der Waals surface area (Å²) in [6.07, 6.45) is 74.0. The second-order valence-corrected chi connectivity index (χ2v) is 21.0. The molecule has 1 atom stereocenters. The van der Waals surface area contributed by atoms with Crippen molar-refractivity contribution in [3.05, 3.63) is 48.6 Å². The molecule has 0 aromatic heterocycles. The molecule has 1 unspecified atom stereocenters. The number of hydrogen-bond acceptors (Lipinski definition) is 6. The maximum absolute atomic E-state index is 12.9. The molecule has 0 spiro atoms. The minimum atomic E-state index is -0.767. The predicted octanol–water partition coefficient (Wildman–Crippen LogP) is 21.0. The van der Waals surface area contributed by atoms with Gasteiger partial charge >= 0.3 is 17.9 Å². The molecule has 6 heteroatoms. The zero-order valence-corrected chi connectivity index (χ0v) is 47.5. The summed E-state index contributed by atoms with van der Waals surface area (Å²) in [4.78, 5) is 38.2. The minimum Gasteiger partial charge on any atom is -0.462 e. The molecule has 0 radical (unpaired) electrons. The first-order valence-electron chi connectivity index (χ1n) is 31.1. The molecule has 0 rings (SSSR count). The normalized spacial score (nSPS) is 12.3. The van der Waals surface area contributed by atoms with Gasteiger partial charge in [0.05, 0.1) is 0 Å². The monoisotopic (exact) mass is 995 g/mol. The van der Waals surface area contributed by atoms with E-state index in [9.17, 15) is 14.4 Å². The van der Waals surface area contributed by atoms with Crippen LogP contribution in [0.5, 0.6) is 0 Å². The summed E-state index contributed by atoms with van der Waals surface area (Å²) in [5.41, 5.74) is 0. The summed E-state index contributed by atoms with van der Waals surface area (Å²) in [5.74, 6) is -0.848. The molecule has 414 valence electrons. The first kappa shape index (κ1) is 68.4. The van der Waals surface area contributed by atoms with Gasteiger partial charge in [-0.25, -0.2) is 0 Å². The van der Waals surface area contributed by atoms with Crippen molar-refractivity contribution in [2.75, 3.05) is 13.2 Å². The Bertz CT molecular complexity index is 1230. The second kappa shape index (κ2) is 59.9. The smallest absolute Gasteiger partial charge is 0.306 e. The van der Waals surface area contributed by atoms with Crippen molar-refractivity contribution in [1.29, 1.82) is 0 Å². The van der Waals surface area contributed by atoms with Crippen LogP contribution in [0, 0.1) is 0 Å². The van der Waals surface area contributed by atoms with E-state index in [1.54, 1.807) is 0 Å². The van der Waals surface area contributed by atoms with Gasteiger partial charge in [-0.1, -0.05) is 301 Å². The van der Waals surface area contributed by atoms with E-state index in [2.05, 4.69) is 69.4 Å². The number of rotatable bonds is 57. The maximum atomic E-state index is 12.9. The maximum Gasteiger partial charge on any atom is 0.306 e. The number of unbranched alkanes of at least 4 members (excludes halogenated alkanes) is 38. The molecular weight excluding hydrogens is 877 g/mol. The van der Waals surface area contributed by atoms with Gasteiger partial charge in [-0.15, -0.1) is 0 Å². The third kappa shape index (κ3) is 58.1. The molecule has 71 heavy (non-hydrogen) atoms. The van der Waals surface area contributed by atoms with Gasteiger partial charge in [0.15, 0.2) is 6.10 Å². The molecule has 0 aromatic rings. The lowest BCUT2D eigenvalue weighted by Gasteiger charge is -2.18. The molecule has 0 aliphatic heterocycles. The van der Waals surface area contributed by atoms with Crippen LogP contribution in [0.4, 0.5) is 0 Å². The van der Waals surface area contributed by atoms with E-state index >= 15 is 0 Å². The Morgan fingerprint density at radius 3 is 0.859 bits per heavy atom. The number of carbonyl (C=O) groups is 3. The Kier molecular flexibility index (Phi) is 57.7. The fraction of sp³-hybridized carbons (Fsp3) is 0.831. The largest absolute Gasteiger partial charge is 0.462 e. The Labute approximate surface area is 441 Å². The molecule has 0 aliphatic rings. The van der Waals surface area contributed by atoms with Crippen LogP contribution in [0.15, 0.2) is 48.6 Å². The van der Waals surface area contributed by atoms with Crippen molar-refractivity contribution >= 4 is 17.9 Å². The van der Waals surface area contributed by atoms with Crippen molar-refractivity contribution in [3.63, 3.8) is 0 Å². The van der Waals surface area contributed by atoms with Crippen molar-refractivity contribution in [1.82, 2.24) is 0 Å². The van der Waals surface area contributed by atoms with E-state index in [0.717, 1.165) is 83.5 Å². The minimum absolute atomic E-state index is 0.0670. The van der Waals surface area contributed by atoms with E-state index < -0.39 is 6.10 Å². The van der Waals surface area contributed by atoms with Crippen LogP contribution in [0.3, 0.4) is 0 Å². The van der Waals surface area contributed by atoms with Crippen LogP contribution >= 0.6 is 0 Å². The van der Waals surface area contributed by atoms with Gasteiger partial charge in [0, 0.05) is 19.3 Å². The Morgan fingerprint density at radius 1 is 0.296 bits per heavy atom. The molecule has 0 bridgehead atoms. The summed E-state index contributed by atoms with van der Waals surface area (Å²) < 4.78 is 16.9. The van der Waals surface area contributed by atoms with Crippen LogP contribution in [0.25, 0.3) is 0 Å². The van der Waals surface area contributed by atoms with Gasteiger partial charge in [-0.05, 0) is 57.8 Å². The third-order valence-corrected chi connectivity index (χ3v) is 13.8. The number of allylic oxidation sites excluding steroid dienone is 8. The summed E-state index contributed by atoms with van der Waals surface area (Å²) in [6, 6.07) is 0. The lowest BCUT2D eigenvalue weighted by atomic mass is 10.0. The molecule has 6 nitrogen and oxygen atoms in total.